The van der Waals surface area contributed by atoms with Crippen LogP contribution in [0.5, 0.6) is 0 Å². The highest BCUT2D eigenvalue weighted by Crippen LogP contribution is 2.18. The third-order valence-electron chi connectivity index (χ3n) is 2.44. The zero-order valence-electron chi connectivity index (χ0n) is 9.83. The number of carbonyl (C=O) groups excluding carboxylic acids is 1. The van der Waals surface area contributed by atoms with Crippen molar-refractivity contribution >= 4 is 33.3 Å². The van der Waals surface area contributed by atoms with Crippen molar-refractivity contribution in [3.05, 3.63) is 40.0 Å². The molecule has 0 saturated carbocycles. The molecule has 0 saturated heterocycles. The fourth-order valence-corrected chi connectivity index (χ4v) is 2.05. The standard InChI is InChI=1S/C12H13BrN4O/c1-2-10-6-11(17-16-10)15-12(18)7-3-8(13)5-9(14)4-7/h3-6H,2,14H2,1H3,(H2,15,16,17,18). The number of aryl methyl sites for hydroxylation is 1. The monoisotopic (exact) mass is 308 g/mol. The third kappa shape index (κ3) is 2.89. The number of nitrogens with two attached hydrogens (primary N) is 1. The number of anilines is 2. The van der Waals surface area contributed by atoms with Gasteiger partial charge in [-0.3, -0.25) is 9.89 Å². The summed E-state index contributed by atoms with van der Waals surface area (Å²) >= 11 is 3.30. The maximum atomic E-state index is 12.0. The van der Waals surface area contributed by atoms with Gasteiger partial charge in [0.25, 0.3) is 5.91 Å². The SMILES string of the molecule is CCc1cc(NC(=O)c2cc(N)cc(Br)c2)n[nH]1. The number of hydrogen-bond donors (Lipinski definition) is 3. The molecule has 1 heterocycles. The van der Waals surface area contributed by atoms with Crippen LogP contribution >= 0.6 is 15.9 Å². The molecule has 0 radical (unpaired) electrons. The Morgan fingerprint density at radius 3 is 2.83 bits per heavy atom. The summed E-state index contributed by atoms with van der Waals surface area (Å²) in [5, 5.41) is 9.54. The number of rotatable bonds is 3. The van der Waals surface area contributed by atoms with Gasteiger partial charge in [-0.2, -0.15) is 5.10 Å². The summed E-state index contributed by atoms with van der Waals surface area (Å²) in [7, 11) is 0. The van der Waals surface area contributed by atoms with Gasteiger partial charge in [-0.05, 0) is 24.6 Å². The van der Waals surface area contributed by atoms with Gasteiger partial charge in [0.15, 0.2) is 5.82 Å². The molecule has 1 aromatic heterocycles. The minimum atomic E-state index is -0.239. The lowest BCUT2D eigenvalue weighted by Gasteiger charge is -2.03. The Bertz CT molecular complexity index is 559. The number of amides is 1. The summed E-state index contributed by atoms with van der Waals surface area (Å²) in [6.45, 7) is 2.01. The molecule has 0 aliphatic heterocycles. The van der Waals surface area contributed by atoms with Crippen LogP contribution in [0.15, 0.2) is 28.7 Å². The number of nitrogens with one attached hydrogen (secondary N) is 2. The van der Waals surface area contributed by atoms with Gasteiger partial charge in [-0.15, -0.1) is 0 Å². The number of nitrogen functional groups attached to an aromatic ring is 1. The molecule has 0 aliphatic carbocycles. The molecule has 1 amide bonds. The van der Waals surface area contributed by atoms with E-state index in [1.165, 1.54) is 0 Å². The topological polar surface area (TPSA) is 83.8 Å². The minimum absolute atomic E-state index is 0.239. The number of nitrogens with zero attached hydrogens (tertiary/aromatic N) is 1. The molecular formula is C12H13BrN4O. The van der Waals surface area contributed by atoms with Crippen molar-refractivity contribution in [2.45, 2.75) is 13.3 Å². The number of H-pyrrole nitrogens is 1. The molecule has 2 aromatic rings. The average molecular weight is 309 g/mol. The van der Waals surface area contributed by atoms with Crippen molar-refractivity contribution < 1.29 is 4.79 Å². The maximum Gasteiger partial charge on any atom is 0.256 e. The fourth-order valence-electron chi connectivity index (χ4n) is 1.54. The summed E-state index contributed by atoms with van der Waals surface area (Å²) in [4.78, 5) is 12.0. The Labute approximate surface area is 113 Å². The van der Waals surface area contributed by atoms with Gasteiger partial charge in [0.05, 0.1) is 0 Å². The molecule has 0 fully saturated rings. The van der Waals surface area contributed by atoms with Crippen LogP contribution in [-0.4, -0.2) is 16.1 Å². The Balaban J connectivity index is 2.16. The summed E-state index contributed by atoms with van der Waals surface area (Å²) in [5.74, 6) is 0.271. The van der Waals surface area contributed by atoms with Crippen LogP contribution in [0.4, 0.5) is 11.5 Å². The average Bonchev–Trinajstić information content (AvgIpc) is 2.75. The van der Waals surface area contributed by atoms with Crippen LogP contribution in [0.25, 0.3) is 0 Å². The number of benzene rings is 1. The van der Waals surface area contributed by atoms with Gasteiger partial charge in [0.1, 0.15) is 0 Å². The van der Waals surface area contributed by atoms with E-state index in [9.17, 15) is 4.79 Å². The van der Waals surface area contributed by atoms with Gasteiger partial charge in [0.2, 0.25) is 0 Å². The third-order valence-corrected chi connectivity index (χ3v) is 2.89. The Kier molecular flexibility index (Phi) is 3.66. The van der Waals surface area contributed by atoms with E-state index in [0.29, 0.717) is 17.1 Å². The van der Waals surface area contributed by atoms with Crippen molar-refractivity contribution in [2.75, 3.05) is 11.1 Å². The molecular weight excluding hydrogens is 296 g/mol. The highest BCUT2D eigenvalue weighted by Gasteiger charge is 2.09. The first-order valence-electron chi connectivity index (χ1n) is 5.50. The zero-order chi connectivity index (χ0) is 13.1. The first kappa shape index (κ1) is 12.6. The van der Waals surface area contributed by atoms with Crippen LogP contribution in [0.2, 0.25) is 0 Å². The van der Waals surface area contributed by atoms with Gasteiger partial charge in [-0.1, -0.05) is 22.9 Å². The Morgan fingerprint density at radius 1 is 1.44 bits per heavy atom. The summed E-state index contributed by atoms with van der Waals surface area (Å²) in [6, 6.07) is 6.87. The van der Waals surface area contributed by atoms with E-state index in [-0.39, 0.29) is 5.91 Å². The van der Waals surface area contributed by atoms with E-state index in [1.54, 1.807) is 24.3 Å². The van der Waals surface area contributed by atoms with Crippen LogP contribution in [-0.2, 0) is 6.42 Å². The molecule has 5 nitrogen and oxygen atoms in total. The van der Waals surface area contributed by atoms with Crippen molar-refractivity contribution in [3.63, 3.8) is 0 Å². The minimum Gasteiger partial charge on any atom is -0.399 e. The highest BCUT2D eigenvalue weighted by molar-refractivity contribution is 9.10. The smallest absolute Gasteiger partial charge is 0.256 e. The van der Waals surface area contributed by atoms with E-state index in [1.807, 2.05) is 6.92 Å². The predicted molar refractivity (Wildman–Crippen MR) is 74.5 cm³/mol. The molecule has 0 atom stereocenters. The van der Waals surface area contributed by atoms with Crippen molar-refractivity contribution in [3.8, 4) is 0 Å². The van der Waals surface area contributed by atoms with Crippen LogP contribution < -0.4 is 11.1 Å². The fraction of sp³-hybridized carbons (Fsp3) is 0.167. The number of hydrogen-bond acceptors (Lipinski definition) is 3. The second-order valence-electron chi connectivity index (χ2n) is 3.86. The van der Waals surface area contributed by atoms with E-state index in [4.69, 9.17) is 5.73 Å². The number of aromatic nitrogens is 2. The van der Waals surface area contributed by atoms with Crippen molar-refractivity contribution in [1.82, 2.24) is 10.2 Å². The summed E-state index contributed by atoms with van der Waals surface area (Å²) < 4.78 is 0.768. The molecule has 6 heteroatoms. The first-order valence-corrected chi connectivity index (χ1v) is 6.29. The molecule has 0 bridgehead atoms. The number of carbonyl (C=O) groups is 1. The Morgan fingerprint density at radius 2 is 2.22 bits per heavy atom. The summed E-state index contributed by atoms with van der Waals surface area (Å²) in [5.41, 5.74) is 7.68. The molecule has 0 aliphatic rings. The zero-order valence-corrected chi connectivity index (χ0v) is 11.4. The highest BCUT2D eigenvalue weighted by atomic mass is 79.9. The van der Waals surface area contributed by atoms with Crippen LogP contribution in [0.3, 0.4) is 0 Å². The van der Waals surface area contributed by atoms with Crippen LogP contribution in [0, 0.1) is 0 Å². The summed E-state index contributed by atoms with van der Waals surface area (Å²) in [6.07, 6.45) is 0.840. The van der Waals surface area contributed by atoms with Gasteiger partial charge < -0.3 is 11.1 Å². The molecule has 1 aromatic carbocycles. The first-order chi connectivity index (χ1) is 8.58. The molecule has 0 unspecified atom stereocenters. The largest absolute Gasteiger partial charge is 0.399 e. The normalized spacial score (nSPS) is 10.3. The molecule has 0 spiro atoms. The quantitative estimate of drug-likeness (QED) is 0.762. The van der Waals surface area contributed by atoms with Crippen LogP contribution in [0.1, 0.15) is 23.0 Å². The lowest BCUT2D eigenvalue weighted by atomic mass is 10.2. The molecule has 4 N–H and O–H groups in total. The second-order valence-corrected chi connectivity index (χ2v) is 4.78. The van der Waals surface area contributed by atoms with Gasteiger partial charge >= 0.3 is 0 Å². The molecule has 94 valence electrons. The van der Waals surface area contributed by atoms with Gasteiger partial charge in [0, 0.05) is 27.5 Å². The van der Waals surface area contributed by atoms with Crippen molar-refractivity contribution in [2.24, 2.45) is 0 Å². The lowest BCUT2D eigenvalue weighted by molar-refractivity contribution is 0.102. The van der Waals surface area contributed by atoms with E-state index in [0.717, 1.165) is 16.6 Å². The van der Waals surface area contributed by atoms with Gasteiger partial charge in [-0.25, -0.2) is 0 Å². The van der Waals surface area contributed by atoms with Crippen molar-refractivity contribution in [1.29, 1.82) is 0 Å². The Hall–Kier alpha value is -1.82. The maximum absolute atomic E-state index is 12.0. The van der Waals surface area contributed by atoms with E-state index >= 15 is 0 Å². The second kappa shape index (κ2) is 5.22. The van der Waals surface area contributed by atoms with E-state index in [2.05, 4.69) is 31.4 Å². The number of aromatic amines is 1. The predicted octanol–water partition coefficient (Wildman–Crippen LogP) is 2.57. The molecule has 18 heavy (non-hydrogen) atoms. The lowest BCUT2D eigenvalue weighted by Crippen LogP contribution is -2.12. The molecule has 2 rings (SSSR count). The van der Waals surface area contributed by atoms with E-state index < -0.39 is 0 Å². The number of halogens is 1.